The predicted octanol–water partition coefficient (Wildman–Crippen LogP) is 12.8. The summed E-state index contributed by atoms with van der Waals surface area (Å²) < 4.78 is 22.0. The largest absolute Gasteiger partial charge is 0.512 e. The van der Waals surface area contributed by atoms with Crippen LogP contribution in [0, 0.1) is 18.8 Å². The topological polar surface area (TPSA) is 59.8 Å². The fourth-order valence-corrected chi connectivity index (χ4v) is 8.06. The zero-order chi connectivity index (χ0) is 36.0. The van der Waals surface area contributed by atoms with E-state index in [1.54, 1.807) is 6.20 Å². The molecule has 12 rings (SSSR count). The van der Waals surface area contributed by atoms with Gasteiger partial charge in [-0.15, -0.1) is 36.3 Å². The Bertz CT molecular complexity index is 3300. The van der Waals surface area contributed by atoms with Crippen molar-refractivity contribution in [2.75, 3.05) is 9.80 Å². The molecule has 56 heavy (non-hydrogen) atoms. The first-order valence-electron chi connectivity index (χ1n) is 18.1. The summed E-state index contributed by atoms with van der Waals surface area (Å²) in [5, 5.41) is 6.01. The Hall–Kier alpha value is -6.82. The van der Waals surface area contributed by atoms with E-state index in [-0.39, 0.29) is 21.1 Å². The molecule has 8 heteroatoms. The monoisotopic (exact) mass is 902 g/mol. The van der Waals surface area contributed by atoms with E-state index in [0.717, 1.165) is 88.7 Å². The molecule has 0 fully saturated rings. The van der Waals surface area contributed by atoms with Gasteiger partial charge in [0.1, 0.15) is 22.6 Å². The summed E-state index contributed by atoms with van der Waals surface area (Å²) in [5.74, 6) is 1.78. The summed E-state index contributed by atoms with van der Waals surface area (Å²) >= 11 is 0. The van der Waals surface area contributed by atoms with Crippen molar-refractivity contribution in [3.63, 3.8) is 0 Å². The predicted molar refractivity (Wildman–Crippen MR) is 219 cm³/mol. The smallest absolute Gasteiger partial charge is 0.136 e. The van der Waals surface area contributed by atoms with Crippen LogP contribution >= 0.6 is 0 Å². The number of furan rings is 2. The maximum absolute atomic E-state index is 6.85. The van der Waals surface area contributed by atoms with Crippen LogP contribution in [0.4, 0.5) is 22.7 Å². The van der Waals surface area contributed by atoms with E-state index >= 15 is 0 Å². The zero-order valence-corrected chi connectivity index (χ0v) is 31.7. The van der Waals surface area contributed by atoms with Gasteiger partial charge in [-0.2, -0.15) is 6.07 Å². The molecule has 0 atom stereocenters. The number of hydrogen-bond donors (Lipinski definition) is 0. The first-order valence-corrected chi connectivity index (χ1v) is 18.1. The number of pyridine rings is 1. The van der Waals surface area contributed by atoms with E-state index in [2.05, 4.69) is 130 Å². The van der Waals surface area contributed by atoms with E-state index in [9.17, 15) is 0 Å². The molecule has 11 aromatic rings. The minimum absolute atomic E-state index is 0. The quantitative estimate of drug-likeness (QED) is 0.160. The van der Waals surface area contributed by atoms with Crippen LogP contribution in [0.5, 0.6) is 11.5 Å². The van der Waals surface area contributed by atoms with Crippen LogP contribution in [-0.2, 0) is 21.1 Å². The Balaban J connectivity index is 0.00000363. The summed E-state index contributed by atoms with van der Waals surface area (Å²) in [4.78, 5) is 9.04. The van der Waals surface area contributed by atoms with Crippen molar-refractivity contribution in [1.82, 2.24) is 9.55 Å². The van der Waals surface area contributed by atoms with E-state index in [1.165, 1.54) is 0 Å². The molecular formula is C48H27N4O3Pt-3. The maximum atomic E-state index is 6.85. The van der Waals surface area contributed by atoms with Crippen molar-refractivity contribution in [2.45, 2.75) is 0 Å². The minimum atomic E-state index is 0. The summed E-state index contributed by atoms with van der Waals surface area (Å²) in [6.45, 7) is 2.10. The van der Waals surface area contributed by atoms with Crippen LogP contribution in [0.3, 0.4) is 0 Å². The number of rotatable bonds is 5. The van der Waals surface area contributed by atoms with E-state index in [0.29, 0.717) is 17.1 Å². The standard InChI is InChI=1S/C48H27N4O3.Pt/c1-2-12-30(13-3-1)50-29-51(41-18-8-7-17-40(41)50)31-24-38-37-28-44-36(35-15-5-9-19-43(35)54-44)27-45(37)55-48(38)46(25-31)53-32-21-22-34-33-14-4-6-16-39(33)52(42(34)26-32)47-20-10-11-23-49-47;/h1-24,27-29H;/q-3;. The van der Waals surface area contributed by atoms with Crippen LogP contribution < -0.4 is 14.5 Å². The zero-order valence-electron chi connectivity index (χ0n) is 29.4. The maximum Gasteiger partial charge on any atom is 0.136 e. The Morgan fingerprint density at radius 2 is 1.27 bits per heavy atom. The van der Waals surface area contributed by atoms with Gasteiger partial charge in [0.25, 0.3) is 0 Å². The fraction of sp³-hybridized carbons (Fsp3) is 0. The van der Waals surface area contributed by atoms with Crippen molar-refractivity contribution in [3.05, 3.63) is 177 Å². The van der Waals surface area contributed by atoms with Crippen molar-refractivity contribution in [3.8, 4) is 17.3 Å². The number of fused-ring (bicyclic) bond motifs is 10. The van der Waals surface area contributed by atoms with Crippen molar-refractivity contribution in [1.29, 1.82) is 0 Å². The van der Waals surface area contributed by atoms with Gasteiger partial charge in [0.2, 0.25) is 0 Å². The van der Waals surface area contributed by atoms with Crippen molar-refractivity contribution in [2.24, 2.45) is 0 Å². The van der Waals surface area contributed by atoms with Crippen molar-refractivity contribution < 1.29 is 34.6 Å². The van der Waals surface area contributed by atoms with Crippen LogP contribution in [0.1, 0.15) is 0 Å². The van der Waals surface area contributed by atoms with Crippen LogP contribution in [0.15, 0.2) is 167 Å². The number of benzene rings is 7. The third-order valence-corrected chi connectivity index (χ3v) is 10.5. The third kappa shape index (κ3) is 4.91. The molecule has 0 saturated heterocycles. The molecule has 0 radical (unpaired) electrons. The molecule has 270 valence electrons. The Morgan fingerprint density at radius 1 is 0.554 bits per heavy atom. The molecule has 5 heterocycles. The van der Waals surface area contributed by atoms with E-state index in [4.69, 9.17) is 18.6 Å². The molecule has 0 N–H and O–H groups in total. The van der Waals surface area contributed by atoms with E-state index < -0.39 is 0 Å². The fourth-order valence-electron chi connectivity index (χ4n) is 8.06. The second-order valence-electron chi connectivity index (χ2n) is 13.7. The van der Waals surface area contributed by atoms with Gasteiger partial charge >= 0.3 is 0 Å². The molecule has 1 aliphatic heterocycles. The molecule has 1 aliphatic rings. The number of ether oxygens (including phenoxy) is 1. The minimum Gasteiger partial charge on any atom is -0.512 e. The summed E-state index contributed by atoms with van der Waals surface area (Å²) in [6, 6.07) is 58.6. The average molecular weight is 903 g/mol. The molecule has 0 amide bonds. The second kappa shape index (κ2) is 12.6. The molecule has 7 nitrogen and oxygen atoms in total. The second-order valence-corrected chi connectivity index (χ2v) is 13.7. The Kier molecular flexibility index (Phi) is 7.35. The van der Waals surface area contributed by atoms with Gasteiger partial charge in [0.05, 0.1) is 11.3 Å². The molecule has 0 spiro atoms. The summed E-state index contributed by atoms with van der Waals surface area (Å²) in [5.41, 5.74) is 8.79. The number of anilines is 4. The number of nitrogens with zero attached hydrogens (tertiary/aromatic N) is 4. The number of aromatic nitrogens is 2. The molecule has 0 unspecified atom stereocenters. The van der Waals surface area contributed by atoms with Gasteiger partial charge in [0, 0.05) is 71.7 Å². The van der Waals surface area contributed by atoms with Gasteiger partial charge in [-0.25, -0.2) is 4.98 Å². The van der Waals surface area contributed by atoms with Gasteiger partial charge in [-0.05, 0) is 66.0 Å². The number of para-hydroxylation sites is 5. The van der Waals surface area contributed by atoms with Crippen LogP contribution in [-0.4, -0.2) is 9.55 Å². The summed E-state index contributed by atoms with van der Waals surface area (Å²) in [6.07, 6.45) is 1.81. The first-order chi connectivity index (χ1) is 27.2. The molecular weight excluding hydrogens is 876 g/mol. The first kappa shape index (κ1) is 32.6. The molecule has 4 aromatic heterocycles. The SMILES string of the molecule is [Pt].[c-]1c(N2[CH-]N(c3ccccc3)c3ccccc32)cc2c(oc3cc4c(cc32)oc2ccccc24)c1Oc1[c-]c2c(cc1)c1ccccc1n2-c1ccccn1. The Labute approximate surface area is 334 Å². The van der Waals surface area contributed by atoms with Crippen molar-refractivity contribution >= 4 is 88.4 Å². The number of hydrogen-bond acceptors (Lipinski definition) is 6. The summed E-state index contributed by atoms with van der Waals surface area (Å²) in [7, 11) is 0. The Morgan fingerprint density at radius 3 is 2.11 bits per heavy atom. The van der Waals surface area contributed by atoms with Crippen LogP contribution in [0.25, 0.3) is 71.5 Å². The molecule has 0 bridgehead atoms. The normalized spacial score (nSPS) is 12.7. The molecule has 7 aromatic carbocycles. The third-order valence-electron chi connectivity index (χ3n) is 10.5. The van der Waals surface area contributed by atoms with E-state index in [1.807, 2.05) is 54.6 Å². The molecule has 0 saturated carbocycles. The average Bonchev–Trinajstić information content (AvgIpc) is 3.99. The van der Waals surface area contributed by atoms with Gasteiger partial charge < -0.3 is 27.9 Å². The molecule has 0 aliphatic carbocycles. The van der Waals surface area contributed by atoms with Gasteiger partial charge in [-0.1, -0.05) is 89.4 Å². The van der Waals surface area contributed by atoms with Gasteiger partial charge in [-0.3, -0.25) is 0 Å². The van der Waals surface area contributed by atoms with Gasteiger partial charge in [0.15, 0.2) is 0 Å². The van der Waals surface area contributed by atoms with Crippen LogP contribution in [0.2, 0.25) is 0 Å².